The third-order valence-corrected chi connectivity index (χ3v) is 4.17. The maximum atomic E-state index is 12.1. The van der Waals surface area contributed by atoms with Crippen molar-refractivity contribution in [3.8, 4) is 0 Å². The normalized spacial score (nSPS) is 18.4. The number of nitrogens with zero attached hydrogens (tertiary/aromatic N) is 3. The van der Waals surface area contributed by atoms with Crippen LogP contribution in [0.2, 0.25) is 0 Å². The van der Waals surface area contributed by atoms with Gasteiger partial charge in [-0.05, 0) is 45.3 Å². The number of carbonyl (C=O) groups is 1. The lowest BCUT2D eigenvalue weighted by Crippen LogP contribution is -2.38. The van der Waals surface area contributed by atoms with Gasteiger partial charge in [0.2, 0.25) is 5.91 Å². The number of likely N-dealkylation sites (tertiary alicyclic amines) is 1. The SMILES string of the molecule is CCN1CCC(CC(=O)N[C@H](C)Cc2cnccn2)CC1. The van der Waals surface area contributed by atoms with E-state index in [2.05, 4.69) is 27.1 Å². The molecule has 2 heterocycles. The van der Waals surface area contributed by atoms with Gasteiger partial charge in [-0.3, -0.25) is 14.8 Å². The molecule has 0 unspecified atom stereocenters. The van der Waals surface area contributed by atoms with Crippen LogP contribution in [-0.2, 0) is 11.2 Å². The topological polar surface area (TPSA) is 58.1 Å². The predicted molar refractivity (Wildman–Crippen MR) is 82.8 cm³/mol. The summed E-state index contributed by atoms with van der Waals surface area (Å²) in [7, 11) is 0. The molecular weight excluding hydrogens is 264 g/mol. The van der Waals surface area contributed by atoms with E-state index in [-0.39, 0.29) is 11.9 Å². The van der Waals surface area contributed by atoms with Crippen LogP contribution in [0.3, 0.4) is 0 Å². The van der Waals surface area contributed by atoms with Crippen molar-refractivity contribution in [1.29, 1.82) is 0 Å². The molecule has 1 atom stereocenters. The van der Waals surface area contributed by atoms with Crippen molar-refractivity contribution in [3.05, 3.63) is 24.3 Å². The number of hydrogen-bond acceptors (Lipinski definition) is 4. The molecule has 0 spiro atoms. The average molecular weight is 290 g/mol. The highest BCUT2D eigenvalue weighted by atomic mass is 16.1. The van der Waals surface area contributed by atoms with E-state index in [0.29, 0.717) is 12.3 Å². The van der Waals surface area contributed by atoms with E-state index >= 15 is 0 Å². The number of hydrogen-bond donors (Lipinski definition) is 1. The van der Waals surface area contributed by atoms with Crippen LogP contribution in [0.5, 0.6) is 0 Å². The van der Waals surface area contributed by atoms with E-state index < -0.39 is 0 Å². The zero-order valence-electron chi connectivity index (χ0n) is 13.1. The highest BCUT2D eigenvalue weighted by molar-refractivity contribution is 5.76. The van der Waals surface area contributed by atoms with Crippen LogP contribution in [0.4, 0.5) is 0 Å². The molecule has 0 aromatic carbocycles. The number of piperidine rings is 1. The fourth-order valence-electron chi connectivity index (χ4n) is 2.90. The first kappa shape index (κ1) is 15.9. The van der Waals surface area contributed by atoms with Gasteiger partial charge < -0.3 is 10.2 Å². The minimum atomic E-state index is 0.102. The largest absolute Gasteiger partial charge is 0.353 e. The number of nitrogens with one attached hydrogen (secondary N) is 1. The Labute approximate surface area is 127 Å². The first-order valence-electron chi connectivity index (χ1n) is 7.94. The average Bonchev–Trinajstić information content (AvgIpc) is 2.48. The molecule has 116 valence electrons. The van der Waals surface area contributed by atoms with Crippen LogP contribution < -0.4 is 5.32 Å². The molecular formula is C16H26N4O. The van der Waals surface area contributed by atoms with E-state index in [4.69, 9.17) is 0 Å². The van der Waals surface area contributed by atoms with Crippen LogP contribution in [-0.4, -0.2) is 46.5 Å². The maximum absolute atomic E-state index is 12.1. The molecule has 1 aliphatic heterocycles. The Morgan fingerprint density at radius 1 is 1.43 bits per heavy atom. The summed E-state index contributed by atoms with van der Waals surface area (Å²) in [5.74, 6) is 0.706. The molecule has 0 saturated carbocycles. The second-order valence-electron chi connectivity index (χ2n) is 5.95. The number of rotatable bonds is 6. The first-order valence-corrected chi connectivity index (χ1v) is 7.94. The van der Waals surface area contributed by atoms with Crippen molar-refractivity contribution < 1.29 is 4.79 Å². The molecule has 1 aromatic heterocycles. The smallest absolute Gasteiger partial charge is 0.220 e. The lowest BCUT2D eigenvalue weighted by atomic mass is 9.93. The standard InChI is InChI=1S/C16H26N4O/c1-3-20-8-4-14(5-9-20)11-16(21)19-13(2)10-15-12-17-6-7-18-15/h6-7,12-14H,3-5,8-11H2,1-2H3,(H,19,21)/t13-/m1/s1. The summed E-state index contributed by atoms with van der Waals surface area (Å²) in [6.07, 6.45) is 8.76. The monoisotopic (exact) mass is 290 g/mol. The lowest BCUT2D eigenvalue weighted by molar-refractivity contribution is -0.122. The highest BCUT2D eigenvalue weighted by Gasteiger charge is 2.21. The minimum absolute atomic E-state index is 0.102. The van der Waals surface area contributed by atoms with Gasteiger partial charge in [-0.2, -0.15) is 0 Å². The van der Waals surface area contributed by atoms with Gasteiger partial charge in [0, 0.05) is 37.5 Å². The molecule has 0 aliphatic carbocycles. The molecule has 5 nitrogen and oxygen atoms in total. The minimum Gasteiger partial charge on any atom is -0.353 e. The van der Waals surface area contributed by atoms with Gasteiger partial charge in [-0.1, -0.05) is 6.92 Å². The Morgan fingerprint density at radius 3 is 2.81 bits per heavy atom. The van der Waals surface area contributed by atoms with Crippen molar-refractivity contribution in [3.63, 3.8) is 0 Å². The summed E-state index contributed by atoms with van der Waals surface area (Å²) in [6, 6.07) is 0.102. The Hall–Kier alpha value is -1.49. The van der Waals surface area contributed by atoms with E-state index in [9.17, 15) is 4.79 Å². The van der Waals surface area contributed by atoms with Gasteiger partial charge in [-0.25, -0.2) is 0 Å². The Balaban J connectivity index is 1.69. The summed E-state index contributed by atoms with van der Waals surface area (Å²) in [4.78, 5) is 22.8. The van der Waals surface area contributed by atoms with Gasteiger partial charge in [0.05, 0.1) is 5.69 Å². The van der Waals surface area contributed by atoms with E-state index in [1.807, 2.05) is 6.92 Å². The molecule has 1 aromatic rings. The van der Waals surface area contributed by atoms with Gasteiger partial charge in [0.15, 0.2) is 0 Å². The third kappa shape index (κ3) is 5.42. The Bertz CT molecular complexity index is 429. The molecule has 0 bridgehead atoms. The molecule has 1 saturated heterocycles. The van der Waals surface area contributed by atoms with Crippen molar-refractivity contribution in [2.75, 3.05) is 19.6 Å². The Morgan fingerprint density at radius 2 is 2.19 bits per heavy atom. The number of amides is 1. The lowest BCUT2D eigenvalue weighted by Gasteiger charge is -2.30. The van der Waals surface area contributed by atoms with Crippen molar-refractivity contribution in [2.24, 2.45) is 5.92 Å². The highest BCUT2D eigenvalue weighted by Crippen LogP contribution is 2.20. The van der Waals surface area contributed by atoms with Gasteiger partial charge in [0.25, 0.3) is 0 Å². The molecule has 1 amide bonds. The van der Waals surface area contributed by atoms with Crippen molar-refractivity contribution in [1.82, 2.24) is 20.2 Å². The fourth-order valence-corrected chi connectivity index (χ4v) is 2.90. The van der Waals surface area contributed by atoms with Crippen LogP contribution in [0.25, 0.3) is 0 Å². The molecule has 21 heavy (non-hydrogen) atoms. The molecule has 1 fully saturated rings. The predicted octanol–water partition coefficient (Wildman–Crippen LogP) is 1.65. The Kier molecular flexibility index (Phi) is 6.11. The van der Waals surface area contributed by atoms with Crippen LogP contribution in [0.15, 0.2) is 18.6 Å². The third-order valence-electron chi connectivity index (χ3n) is 4.17. The number of aromatic nitrogens is 2. The van der Waals surface area contributed by atoms with Gasteiger partial charge >= 0.3 is 0 Å². The summed E-state index contributed by atoms with van der Waals surface area (Å²) < 4.78 is 0. The zero-order chi connectivity index (χ0) is 15.1. The summed E-state index contributed by atoms with van der Waals surface area (Å²) in [5, 5.41) is 3.08. The zero-order valence-corrected chi connectivity index (χ0v) is 13.1. The van der Waals surface area contributed by atoms with Crippen molar-refractivity contribution in [2.45, 2.75) is 45.6 Å². The number of carbonyl (C=O) groups excluding carboxylic acids is 1. The second-order valence-corrected chi connectivity index (χ2v) is 5.95. The van der Waals surface area contributed by atoms with Crippen molar-refractivity contribution >= 4 is 5.91 Å². The van der Waals surface area contributed by atoms with Gasteiger partial charge in [0.1, 0.15) is 0 Å². The molecule has 0 radical (unpaired) electrons. The molecule has 5 heteroatoms. The summed E-state index contributed by atoms with van der Waals surface area (Å²) in [6.45, 7) is 7.59. The summed E-state index contributed by atoms with van der Waals surface area (Å²) >= 11 is 0. The van der Waals surface area contributed by atoms with E-state index in [0.717, 1.165) is 44.6 Å². The first-order chi connectivity index (χ1) is 10.2. The van der Waals surface area contributed by atoms with Gasteiger partial charge in [-0.15, -0.1) is 0 Å². The van der Waals surface area contributed by atoms with Crippen LogP contribution >= 0.6 is 0 Å². The van der Waals surface area contributed by atoms with E-state index in [1.165, 1.54) is 0 Å². The van der Waals surface area contributed by atoms with Crippen LogP contribution in [0, 0.1) is 5.92 Å². The van der Waals surface area contributed by atoms with E-state index in [1.54, 1.807) is 18.6 Å². The molecule has 1 aliphatic rings. The van der Waals surface area contributed by atoms with Crippen LogP contribution in [0.1, 0.15) is 38.8 Å². The second kappa shape index (κ2) is 8.08. The fraction of sp³-hybridized carbons (Fsp3) is 0.688. The quantitative estimate of drug-likeness (QED) is 0.865. The molecule has 1 N–H and O–H groups in total. The summed E-state index contributed by atoms with van der Waals surface area (Å²) in [5.41, 5.74) is 0.918. The maximum Gasteiger partial charge on any atom is 0.220 e. The molecule has 2 rings (SSSR count).